The molecule has 0 amide bonds. The molecule has 1 atom stereocenters. The molecular weight excluding hydrogens is 468 g/mol. The molecule has 2 heterocycles. The SMILES string of the molecule is COc1cc([C@H]2CC(=O)Oc3cc(O)c4c(=O)cc(-c5ccc(O)cc5)oc4c32)cc(OC)c1OC. The minimum Gasteiger partial charge on any atom is -0.508 e. The van der Waals surface area contributed by atoms with Crippen LogP contribution in [0.2, 0.25) is 0 Å². The number of esters is 1. The highest BCUT2D eigenvalue weighted by molar-refractivity contribution is 5.93. The lowest BCUT2D eigenvalue weighted by atomic mass is 9.84. The van der Waals surface area contributed by atoms with Gasteiger partial charge in [-0.2, -0.15) is 0 Å². The van der Waals surface area contributed by atoms with Crippen LogP contribution >= 0.6 is 0 Å². The molecule has 0 spiro atoms. The molecule has 3 aromatic carbocycles. The van der Waals surface area contributed by atoms with Gasteiger partial charge in [-0.1, -0.05) is 0 Å². The zero-order chi connectivity index (χ0) is 25.6. The number of hydrogen-bond donors (Lipinski definition) is 2. The van der Waals surface area contributed by atoms with Crippen molar-refractivity contribution in [3.8, 4) is 45.8 Å². The highest BCUT2D eigenvalue weighted by Gasteiger charge is 2.34. The van der Waals surface area contributed by atoms with Crippen molar-refractivity contribution in [2.24, 2.45) is 0 Å². The second kappa shape index (κ2) is 8.84. The van der Waals surface area contributed by atoms with Crippen LogP contribution in [-0.2, 0) is 4.79 Å². The van der Waals surface area contributed by atoms with Gasteiger partial charge in [-0.15, -0.1) is 0 Å². The molecular formula is C27H22O9. The Kier molecular flexibility index (Phi) is 5.68. The molecule has 0 radical (unpaired) electrons. The van der Waals surface area contributed by atoms with Crippen LogP contribution in [0, 0.1) is 0 Å². The first kappa shape index (κ1) is 23.1. The van der Waals surface area contributed by atoms with E-state index in [-0.39, 0.29) is 40.4 Å². The molecule has 1 aromatic heterocycles. The predicted molar refractivity (Wildman–Crippen MR) is 129 cm³/mol. The Balaban J connectivity index is 1.81. The zero-order valence-electron chi connectivity index (χ0n) is 19.7. The van der Waals surface area contributed by atoms with Crippen LogP contribution in [-0.4, -0.2) is 37.5 Å². The van der Waals surface area contributed by atoms with Gasteiger partial charge < -0.3 is 33.6 Å². The van der Waals surface area contributed by atoms with Gasteiger partial charge in [0.2, 0.25) is 5.75 Å². The van der Waals surface area contributed by atoms with Crippen molar-refractivity contribution in [2.45, 2.75) is 12.3 Å². The number of carbonyl (C=O) groups is 1. The Bertz CT molecular complexity index is 1530. The molecule has 0 unspecified atom stereocenters. The molecule has 1 aliphatic heterocycles. The van der Waals surface area contributed by atoms with Gasteiger partial charge in [0.05, 0.1) is 27.8 Å². The Morgan fingerprint density at radius 2 is 1.56 bits per heavy atom. The van der Waals surface area contributed by atoms with Crippen LogP contribution in [0.5, 0.6) is 34.5 Å². The number of rotatable bonds is 5. The Morgan fingerprint density at radius 3 is 2.17 bits per heavy atom. The minimum absolute atomic E-state index is 0.0355. The van der Waals surface area contributed by atoms with Gasteiger partial charge in [0.15, 0.2) is 16.9 Å². The van der Waals surface area contributed by atoms with Crippen molar-refractivity contribution in [3.63, 3.8) is 0 Å². The Hall–Kier alpha value is -4.66. The number of phenolic OH excluding ortho intramolecular Hbond substituents is 2. The molecule has 9 heteroatoms. The monoisotopic (exact) mass is 490 g/mol. The molecule has 9 nitrogen and oxygen atoms in total. The van der Waals surface area contributed by atoms with Crippen LogP contribution in [0.4, 0.5) is 0 Å². The lowest BCUT2D eigenvalue weighted by Gasteiger charge is -2.27. The highest BCUT2D eigenvalue weighted by atomic mass is 16.5. The Morgan fingerprint density at radius 1 is 0.889 bits per heavy atom. The summed E-state index contributed by atoms with van der Waals surface area (Å²) in [6, 6.07) is 12.1. The number of fused-ring (bicyclic) bond motifs is 3. The van der Waals surface area contributed by atoms with Crippen molar-refractivity contribution < 1.29 is 38.4 Å². The van der Waals surface area contributed by atoms with Crippen molar-refractivity contribution in [2.75, 3.05) is 21.3 Å². The molecule has 0 bridgehead atoms. The molecule has 36 heavy (non-hydrogen) atoms. The van der Waals surface area contributed by atoms with E-state index in [4.69, 9.17) is 23.4 Å². The fraction of sp³-hybridized carbons (Fsp3) is 0.185. The minimum atomic E-state index is -0.615. The average molecular weight is 490 g/mol. The van der Waals surface area contributed by atoms with Gasteiger partial charge in [-0.25, -0.2) is 0 Å². The standard InChI is InChI=1S/C27H22O9/c1-32-21-8-14(9-22(33-2)26(21)34-3)16-10-23(31)35-20-12-18(30)25-17(29)11-19(36-27(25)24(16)20)13-4-6-15(28)7-5-13/h4-9,11-12,16,28,30H,10H2,1-3H3/t16-/m1/s1. The van der Waals surface area contributed by atoms with Gasteiger partial charge >= 0.3 is 5.97 Å². The number of phenols is 2. The zero-order valence-corrected chi connectivity index (χ0v) is 19.7. The number of methoxy groups -OCH3 is 3. The highest BCUT2D eigenvalue weighted by Crippen LogP contribution is 2.49. The summed E-state index contributed by atoms with van der Waals surface area (Å²) < 4.78 is 28.0. The summed E-state index contributed by atoms with van der Waals surface area (Å²) in [6.45, 7) is 0. The smallest absolute Gasteiger partial charge is 0.312 e. The van der Waals surface area contributed by atoms with Crippen LogP contribution in [0.25, 0.3) is 22.3 Å². The van der Waals surface area contributed by atoms with Crippen molar-refractivity contribution in [1.82, 2.24) is 0 Å². The van der Waals surface area contributed by atoms with Gasteiger partial charge in [0.1, 0.15) is 34.0 Å². The van der Waals surface area contributed by atoms with Gasteiger partial charge in [0, 0.05) is 29.2 Å². The van der Waals surface area contributed by atoms with E-state index < -0.39 is 17.3 Å². The van der Waals surface area contributed by atoms with E-state index in [1.165, 1.54) is 45.6 Å². The first-order valence-corrected chi connectivity index (χ1v) is 11.0. The molecule has 184 valence electrons. The summed E-state index contributed by atoms with van der Waals surface area (Å²) in [7, 11) is 4.46. The predicted octanol–water partition coefficient (Wildman–Crippen LogP) is 4.34. The summed E-state index contributed by atoms with van der Waals surface area (Å²) in [4.78, 5) is 25.7. The molecule has 0 saturated carbocycles. The second-order valence-electron chi connectivity index (χ2n) is 8.22. The van der Waals surface area contributed by atoms with Crippen LogP contribution in [0.3, 0.4) is 0 Å². The van der Waals surface area contributed by atoms with Gasteiger partial charge in [-0.05, 0) is 42.0 Å². The van der Waals surface area contributed by atoms with E-state index in [0.29, 0.717) is 33.9 Å². The third-order valence-electron chi connectivity index (χ3n) is 6.17. The van der Waals surface area contributed by atoms with Crippen molar-refractivity contribution >= 4 is 16.9 Å². The number of hydrogen-bond acceptors (Lipinski definition) is 9. The topological polar surface area (TPSA) is 125 Å². The van der Waals surface area contributed by atoms with Crippen molar-refractivity contribution in [3.05, 3.63) is 69.9 Å². The molecule has 0 fully saturated rings. The Labute approximate surface area is 205 Å². The number of benzene rings is 3. The van der Waals surface area contributed by atoms with E-state index in [9.17, 15) is 19.8 Å². The first-order chi connectivity index (χ1) is 17.3. The number of ether oxygens (including phenoxy) is 4. The van der Waals surface area contributed by atoms with E-state index in [1.807, 2.05) is 0 Å². The third-order valence-corrected chi connectivity index (χ3v) is 6.17. The largest absolute Gasteiger partial charge is 0.508 e. The summed E-state index contributed by atoms with van der Waals surface area (Å²) >= 11 is 0. The number of aromatic hydroxyl groups is 2. The van der Waals surface area contributed by atoms with E-state index >= 15 is 0 Å². The summed E-state index contributed by atoms with van der Waals surface area (Å²) in [6.07, 6.45) is -0.0569. The lowest BCUT2D eigenvalue weighted by Crippen LogP contribution is -2.22. The number of carbonyl (C=O) groups excluding carboxylic acids is 1. The fourth-order valence-electron chi connectivity index (χ4n) is 4.51. The molecule has 1 aliphatic rings. The normalized spacial score (nSPS) is 14.8. The molecule has 2 N–H and O–H groups in total. The summed E-state index contributed by atoms with van der Waals surface area (Å²) in [5.41, 5.74) is 1.22. The van der Waals surface area contributed by atoms with E-state index in [2.05, 4.69) is 0 Å². The maximum absolute atomic E-state index is 13.1. The molecule has 0 aliphatic carbocycles. The maximum atomic E-state index is 13.1. The van der Waals surface area contributed by atoms with Crippen LogP contribution in [0.15, 0.2) is 57.7 Å². The molecule has 5 rings (SSSR count). The van der Waals surface area contributed by atoms with Gasteiger partial charge in [0.25, 0.3) is 0 Å². The first-order valence-electron chi connectivity index (χ1n) is 11.0. The van der Waals surface area contributed by atoms with Crippen LogP contribution in [0.1, 0.15) is 23.5 Å². The second-order valence-corrected chi connectivity index (χ2v) is 8.22. The molecule has 0 saturated heterocycles. The van der Waals surface area contributed by atoms with Crippen LogP contribution < -0.4 is 24.4 Å². The quantitative estimate of drug-likeness (QED) is 0.310. The van der Waals surface area contributed by atoms with Crippen molar-refractivity contribution in [1.29, 1.82) is 0 Å². The van der Waals surface area contributed by atoms with E-state index in [1.54, 1.807) is 24.3 Å². The lowest BCUT2D eigenvalue weighted by molar-refractivity contribution is -0.135. The fourth-order valence-corrected chi connectivity index (χ4v) is 4.51. The maximum Gasteiger partial charge on any atom is 0.312 e. The third kappa shape index (κ3) is 3.74. The summed E-state index contributed by atoms with van der Waals surface area (Å²) in [5, 5.41) is 20.2. The average Bonchev–Trinajstić information content (AvgIpc) is 2.87. The molecule has 4 aromatic rings. The van der Waals surface area contributed by atoms with E-state index in [0.717, 1.165) is 0 Å². The van der Waals surface area contributed by atoms with Gasteiger partial charge in [-0.3, -0.25) is 9.59 Å². The summed E-state index contributed by atoms with van der Waals surface area (Å²) in [5.74, 6) is 0.0388.